The molecule has 4 aliphatic heterocycles. The van der Waals surface area contributed by atoms with Gasteiger partial charge in [0.2, 0.25) is 20.0 Å². The van der Waals surface area contributed by atoms with Gasteiger partial charge in [0.05, 0.1) is 36.2 Å². The largest absolute Gasteiger partial charge is 0.378 e. The number of unbranched alkanes of at least 4 members (excludes halogenated alkanes) is 1. The maximum absolute atomic E-state index is 13.7. The highest BCUT2D eigenvalue weighted by Crippen LogP contribution is 2.40. The Balaban J connectivity index is 0.619. The lowest BCUT2D eigenvalue weighted by atomic mass is 9.81. The summed E-state index contributed by atoms with van der Waals surface area (Å²) in [6.45, 7) is 18.6. The maximum atomic E-state index is 13.7. The summed E-state index contributed by atoms with van der Waals surface area (Å²) in [5.41, 5.74) is 11.2. The van der Waals surface area contributed by atoms with E-state index in [1.807, 2.05) is 62.4 Å². The molecule has 6 N–H and O–H groups in total. The maximum Gasteiger partial charge on any atom is 0.314 e. The van der Waals surface area contributed by atoms with Crippen molar-refractivity contribution in [1.29, 1.82) is 0 Å². The van der Waals surface area contributed by atoms with Crippen molar-refractivity contribution in [2.75, 3.05) is 119 Å². The molecule has 438 valence electrons. The van der Waals surface area contributed by atoms with E-state index >= 15 is 0 Å². The summed E-state index contributed by atoms with van der Waals surface area (Å²) in [4.78, 5) is 34.0. The minimum Gasteiger partial charge on any atom is -0.378 e. The predicted molar refractivity (Wildman–Crippen MR) is 315 cm³/mol. The zero-order valence-corrected chi connectivity index (χ0v) is 50.4. The first-order chi connectivity index (χ1) is 38.2. The van der Waals surface area contributed by atoms with Crippen LogP contribution in [0, 0.1) is 27.7 Å². The smallest absolute Gasteiger partial charge is 0.314 e. The molecule has 4 atom stereocenters. The fourth-order valence-corrected chi connectivity index (χ4v) is 14.8. The highest BCUT2D eigenvalue weighted by molar-refractivity contribution is 7.89. The fourth-order valence-electron chi connectivity index (χ4n) is 11.7. The summed E-state index contributed by atoms with van der Waals surface area (Å²) < 4.78 is 72.3. The van der Waals surface area contributed by atoms with Crippen LogP contribution in [0.25, 0.3) is 0 Å². The van der Waals surface area contributed by atoms with E-state index in [4.69, 9.17) is 32.7 Å². The van der Waals surface area contributed by atoms with Gasteiger partial charge in [-0.05, 0) is 185 Å². The van der Waals surface area contributed by atoms with Crippen molar-refractivity contribution in [2.24, 2.45) is 0 Å². The number of halogens is 2. The molecule has 0 saturated carbocycles. The van der Waals surface area contributed by atoms with Crippen LogP contribution in [0.5, 0.6) is 0 Å². The van der Waals surface area contributed by atoms with Crippen molar-refractivity contribution in [3.05, 3.63) is 126 Å². The third kappa shape index (κ3) is 16.6. The Bertz CT molecular complexity index is 2840. The summed E-state index contributed by atoms with van der Waals surface area (Å²) in [6, 6.07) is 17.9. The molecular formula is C58H82Cl2N10O8S2. The van der Waals surface area contributed by atoms with Crippen LogP contribution < -0.4 is 30.7 Å². The normalized spacial score (nSPS) is 20.1. The number of ether oxygens (including phenoxy) is 2. The van der Waals surface area contributed by atoms with E-state index in [1.165, 1.54) is 11.1 Å². The standard InChI is InChI=1S/C58H82Cl2N10O8S2/c1-39-9-11-47(31-49(39)55-37-67(5)35-53-41(3)27-43(59)29-51(53)55)79(73,74)65-45-13-19-69(33-45)21-25-77-23-17-63-57(71)61-15-7-8-16-62-58(72)64-18-24-78-26-22-70-20-14-46(34-70)66-80(75,76)48-12-10-40(2)50(32-48)56-38-68(6)36-54-42(4)28-44(60)30-52(54)56/h9-12,27-32,45-46,55-56,65-66H,7-8,13-26,33-38H2,1-6H3,(H2,61,63,71)(H2,62,64,72)/t45-,46-,55?,56?/m1/s1. The lowest BCUT2D eigenvalue weighted by molar-refractivity contribution is 0.113. The third-order valence-electron chi connectivity index (χ3n) is 15.9. The van der Waals surface area contributed by atoms with Crippen LogP contribution in [0.3, 0.4) is 0 Å². The summed E-state index contributed by atoms with van der Waals surface area (Å²) >= 11 is 13.0. The molecule has 2 fully saturated rings. The zero-order chi connectivity index (χ0) is 57.1. The van der Waals surface area contributed by atoms with Gasteiger partial charge in [0, 0.05) is 113 Å². The Morgan fingerprint density at radius 3 is 1.34 bits per heavy atom. The average molecular weight is 1180 g/mol. The number of amides is 4. The number of carbonyl (C=O) groups is 2. The number of aryl methyl sites for hydroxylation is 4. The number of hydrogen-bond acceptors (Lipinski definition) is 12. The SMILES string of the molecule is Cc1ccc(S(=O)(=O)N[C@@H]2CCN(CCOCCNC(=O)NCCCCNC(=O)NCCOCCN3CC[C@@H](NS(=O)(=O)c4ccc(C)c(C5CN(C)Cc6c(C)cc(Cl)cc65)c4)C3)C2)cc1C1CN(C)Cc2c(C)cc(Cl)cc21. The number of nitrogens with zero attached hydrogens (tertiary/aromatic N) is 4. The molecule has 0 spiro atoms. The van der Waals surface area contributed by atoms with E-state index in [9.17, 15) is 26.4 Å². The van der Waals surface area contributed by atoms with Crippen molar-refractivity contribution in [3.63, 3.8) is 0 Å². The molecule has 0 aromatic heterocycles. The Hall–Kier alpha value is -4.42. The van der Waals surface area contributed by atoms with Crippen LogP contribution in [0.15, 0.2) is 70.5 Å². The molecule has 4 aromatic rings. The Morgan fingerprint density at radius 1 is 0.525 bits per heavy atom. The van der Waals surface area contributed by atoms with Gasteiger partial charge in [0.1, 0.15) is 0 Å². The van der Waals surface area contributed by atoms with E-state index < -0.39 is 20.0 Å². The second kappa shape index (κ2) is 28.2. The lowest BCUT2D eigenvalue weighted by Gasteiger charge is -2.34. The van der Waals surface area contributed by atoms with Gasteiger partial charge in [-0.25, -0.2) is 35.9 Å². The number of benzene rings is 4. The van der Waals surface area contributed by atoms with Crippen LogP contribution >= 0.6 is 23.2 Å². The first-order valence-corrected chi connectivity index (χ1v) is 31.8. The number of nitrogens with one attached hydrogen (secondary N) is 6. The van der Waals surface area contributed by atoms with Crippen molar-refractivity contribution < 1.29 is 35.9 Å². The first-order valence-electron chi connectivity index (χ1n) is 28.1. The van der Waals surface area contributed by atoms with Crippen LogP contribution in [0.4, 0.5) is 9.59 Å². The van der Waals surface area contributed by atoms with E-state index in [1.54, 1.807) is 12.1 Å². The van der Waals surface area contributed by atoms with Gasteiger partial charge in [-0.15, -0.1) is 0 Å². The van der Waals surface area contributed by atoms with Gasteiger partial charge >= 0.3 is 12.1 Å². The minimum atomic E-state index is -3.76. The second-order valence-corrected chi connectivity index (χ2v) is 26.5. The molecule has 8 rings (SSSR count). The van der Waals surface area contributed by atoms with Gasteiger partial charge < -0.3 is 40.5 Å². The molecule has 2 saturated heterocycles. The molecule has 4 amide bonds. The number of likely N-dealkylation sites (N-methyl/N-ethyl adjacent to an activating group) is 2. The van der Waals surface area contributed by atoms with E-state index in [-0.39, 0.29) is 45.8 Å². The summed E-state index contributed by atoms with van der Waals surface area (Å²) in [6.07, 6.45) is 2.77. The number of urea groups is 2. The fraction of sp³-hybridized carbons (Fsp3) is 0.552. The van der Waals surface area contributed by atoms with Crippen molar-refractivity contribution in [1.82, 2.24) is 50.3 Å². The highest BCUT2D eigenvalue weighted by Gasteiger charge is 2.33. The Kier molecular flexibility index (Phi) is 21.8. The zero-order valence-electron chi connectivity index (χ0n) is 47.3. The number of likely N-dealkylation sites (tertiary alicyclic amines) is 2. The molecule has 0 radical (unpaired) electrons. The Morgan fingerprint density at radius 2 is 0.925 bits per heavy atom. The molecule has 22 heteroatoms. The summed E-state index contributed by atoms with van der Waals surface area (Å²) in [7, 11) is -3.35. The van der Waals surface area contributed by atoms with Gasteiger partial charge in [-0.1, -0.05) is 35.3 Å². The van der Waals surface area contributed by atoms with E-state index in [2.05, 4.69) is 78.3 Å². The number of rotatable bonds is 25. The minimum absolute atomic E-state index is 0.00449. The van der Waals surface area contributed by atoms with Crippen LogP contribution in [-0.2, 0) is 42.6 Å². The van der Waals surface area contributed by atoms with Crippen molar-refractivity contribution in [3.8, 4) is 0 Å². The van der Waals surface area contributed by atoms with Gasteiger partial charge in [-0.2, -0.15) is 0 Å². The predicted octanol–water partition coefficient (Wildman–Crippen LogP) is 6.20. The number of sulfonamides is 2. The number of fused-ring (bicyclic) bond motifs is 2. The molecular weight excluding hydrogens is 1100 g/mol. The highest BCUT2D eigenvalue weighted by atomic mass is 35.5. The van der Waals surface area contributed by atoms with Crippen LogP contribution in [0.2, 0.25) is 10.0 Å². The molecule has 0 aliphatic carbocycles. The van der Waals surface area contributed by atoms with Gasteiger partial charge in [-0.3, -0.25) is 9.80 Å². The van der Waals surface area contributed by atoms with Gasteiger partial charge in [0.25, 0.3) is 0 Å². The summed E-state index contributed by atoms with van der Waals surface area (Å²) in [5.74, 6) is 0.00898. The number of hydrogen-bond donors (Lipinski definition) is 6. The van der Waals surface area contributed by atoms with Crippen LogP contribution in [-0.4, -0.2) is 180 Å². The third-order valence-corrected chi connectivity index (χ3v) is 19.4. The van der Waals surface area contributed by atoms with Crippen LogP contribution in [0.1, 0.15) is 93.2 Å². The molecule has 4 heterocycles. The number of carbonyl (C=O) groups excluding carboxylic acids is 2. The van der Waals surface area contributed by atoms with Gasteiger partial charge in [0.15, 0.2) is 0 Å². The Labute approximate surface area is 484 Å². The first kappa shape index (κ1) is 61.6. The average Bonchev–Trinajstić information content (AvgIpc) is 4.10. The molecule has 4 aliphatic rings. The molecule has 80 heavy (non-hydrogen) atoms. The van der Waals surface area contributed by atoms with Crippen molar-refractivity contribution in [2.45, 2.75) is 100 Å². The van der Waals surface area contributed by atoms with Crippen molar-refractivity contribution >= 4 is 55.3 Å². The quantitative estimate of drug-likeness (QED) is 0.0411. The topological polar surface area (TPSA) is 206 Å². The van der Waals surface area contributed by atoms with E-state index in [0.717, 1.165) is 83.8 Å². The molecule has 4 aromatic carbocycles. The molecule has 2 unspecified atom stereocenters. The molecule has 18 nitrogen and oxygen atoms in total. The lowest BCUT2D eigenvalue weighted by Crippen LogP contribution is -2.39. The monoisotopic (exact) mass is 1180 g/mol. The summed E-state index contributed by atoms with van der Waals surface area (Å²) in [5, 5.41) is 12.6. The van der Waals surface area contributed by atoms with E-state index in [0.29, 0.717) is 115 Å². The molecule has 0 bridgehead atoms. The second-order valence-electron chi connectivity index (χ2n) is 22.2.